The molecule has 0 aliphatic carbocycles. The number of anilines is 1. The van der Waals surface area contributed by atoms with Gasteiger partial charge in [-0.05, 0) is 25.0 Å². The van der Waals surface area contributed by atoms with E-state index in [1.165, 1.54) is 7.11 Å². The number of hydrogen-bond donors (Lipinski definition) is 0. The van der Waals surface area contributed by atoms with Crippen LogP contribution in [0.15, 0.2) is 36.4 Å². The van der Waals surface area contributed by atoms with Gasteiger partial charge in [0.15, 0.2) is 0 Å². The molecule has 0 unspecified atom stereocenters. The fourth-order valence-corrected chi connectivity index (χ4v) is 3.07. The first-order valence-electron chi connectivity index (χ1n) is 7.02. The van der Waals surface area contributed by atoms with Crippen LogP contribution in [0.1, 0.15) is 18.4 Å². The SMILES string of the molecule is COC(=O)[C@@H]1CCCN1c1ccc(C#N)c2ccccc12. The minimum absolute atomic E-state index is 0.194. The minimum Gasteiger partial charge on any atom is -0.467 e. The van der Waals surface area contributed by atoms with Gasteiger partial charge in [-0.2, -0.15) is 5.26 Å². The Labute approximate surface area is 123 Å². The van der Waals surface area contributed by atoms with E-state index in [1.807, 2.05) is 36.4 Å². The summed E-state index contributed by atoms with van der Waals surface area (Å²) in [5.74, 6) is -0.194. The first-order valence-corrected chi connectivity index (χ1v) is 7.02. The second kappa shape index (κ2) is 5.45. The summed E-state index contributed by atoms with van der Waals surface area (Å²) in [6.45, 7) is 0.829. The van der Waals surface area contributed by atoms with Crippen LogP contribution in [0.25, 0.3) is 10.8 Å². The van der Waals surface area contributed by atoms with Gasteiger partial charge in [-0.25, -0.2) is 4.79 Å². The fourth-order valence-electron chi connectivity index (χ4n) is 3.07. The lowest BCUT2D eigenvalue weighted by Crippen LogP contribution is -2.36. The third kappa shape index (κ3) is 2.21. The van der Waals surface area contributed by atoms with Crippen molar-refractivity contribution in [3.05, 3.63) is 42.0 Å². The van der Waals surface area contributed by atoms with Gasteiger partial charge in [0.25, 0.3) is 0 Å². The Morgan fingerprint density at radius 2 is 2.05 bits per heavy atom. The van der Waals surface area contributed by atoms with E-state index < -0.39 is 0 Å². The van der Waals surface area contributed by atoms with Crippen LogP contribution in [0.3, 0.4) is 0 Å². The summed E-state index contributed by atoms with van der Waals surface area (Å²) in [7, 11) is 1.43. The monoisotopic (exact) mass is 280 g/mol. The molecule has 0 N–H and O–H groups in total. The van der Waals surface area contributed by atoms with E-state index in [4.69, 9.17) is 4.74 Å². The highest BCUT2D eigenvalue weighted by molar-refractivity contribution is 5.99. The zero-order valence-electron chi connectivity index (χ0n) is 11.9. The quantitative estimate of drug-likeness (QED) is 0.794. The van der Waals surface area contributed by atoms with Crippen LogP contribution in [-0.4, -0.2) is 25.7 Å². The van der Waals surface area contributed by atoms with Crippen molar-refractivity contribution in [1.29, 1.82) is 5.26 Å². The highest BCUT2D eigenvalue weighted by Gasteiger charge is 2.32. The maximum Gasteiger partial charge on any atom is 0.328 e. The normalized spacial score (nSPS) is 17.7. The molecule has 1 saturated heterocycles. The Kier molecular flexibility index (Phi) is 3.49. The van der Waals surface area contributed by atoms with Gasteiger partial charge in [-0.3, -0.25) is 0 Å². The number of esters is 1. The number of fused-ring (bicyclic) bond motifs is 1. The molecule has 4 nitrogen and oxygen atoms in total. The van der Waals surface area contributed by atoms with Gasteiger partial charge in [-0.1, -0.05) is 24.3 Å². The number of rotatable bonds is 2. The predicted octanol–water partition coefficient (Wildman–Crippen LogP) is 2.85. The van der Waals surface area contributed by atoms with Gasteiger partial charge in [0.1, 0.15) is 6.04 Å². The zero-order chi connectivity index (χ0) is 14.8. The Hall–Kier alpha value is -2.54. The molecule has 0 radical (unpaired) electrons. The fraction of sp³-hybridized carbons (Fsp3) is 0.294. The maximum absolute atomic E-state index is 11.9. The molecule has 1 aliphatic heterocycles. The number of nitrogens with zero attached hydrogens (tertiary/aromatic N) is 2. The largest absolute Gasteiger partial charge is 0.467 e. The highest BCUT2D eigenvalue weighted by atomic mass is 16.5. The van der Waals surface area contributed by atoms with Crippen molar-refractivity contribution in [3.63, 3.8) is 0 Å². The van der Waals surface area contributed by atoms with Gasteiger partial charge in [-0.15, -0.1) is 0 Å². The lowest BCUT2D eigenvalue weighted by atomic mass is 10.0. The van der Waals surface area contributed by atoms with E-state index in [9.17, 15) is 10.1 Å². The number of benzene rings is 2. The molecule has 0 bridgehead atoms. The average Bonchev–Trinajstić information content (AvgIpc) is 3.02. The van der Waals surface area contributed by atoms with Crippen molar-refractivity contribution in [1.82, 2.24) is 0 Å². The van der Waals surface area contributed by atoms with E-state index in [0.29, 0.717) is 5.56 Å². The topological polar surface area (TPSA) is 53.3 Å². The molecule has 0 saturated carbocycles. The average molecular weight is 280 g/mol. The van der Waals surface area contributed by atoms with Crippen molar-refractivity contribution >= 4 is 22.4 Å². The molecule has 1 heterocycles. The van der Waals surface area contributed by atoms with Gasteiger partial charge >= 0.3 is 5.97 Å². The summed E-state index contributed by atoms with van der Waals surface area (Å²) in [6, 6.07) is 13.6. The Bertz CT molecular complexity index is 733. The molecule has 2 aromatic rings. The van der Waals surface area contributed by atoms with Gasteiger partial charge < -0.3 is 9.64 Å². The second-order valence-electron chi connectivity index (χ2n) is 5.16. The second-order valence-corrected chi connectivity index (χ2v) is 5.16. The molecule has 0 aromatic heterocycles. The molecule has 0 spiro atoms. The maximum atomic E-state index is 11.9. The number of carbonyl (C=O) groups is 1. The van der Waals surface area contributed by atoms with Crippen LogP contribution in [0, 0.1) is 11.3 Å². The number of hydrogen-bond acceptors (Lipinski definition) is 4. The number of nitriles is 1. The van der Waals surface area contributed by atoms with Crippen molar-refractivity contribution in [3.8, 4) is 6.07 Å². The molecule has 21 heavy (non-hydrogen) atoms. The molecule has 4 heteroatoms. The predicted molar refractivity (Wildman–Crippen MR) is 81.0 cm³/mol. The summed E-state index contributed by atoms with van der Waals surface area (Å²) in [5.41, 5.74) is 1.65. The molecular weight excluding hydrogens is 264 g/mol. The van der Waals surface area contributed by atoms with Gasteiger partial charge in [0.05, 0.1) is 18.7 Å². The standard InChI is InChI=1S/C17H16N2O2/c1-21-17(20)16-7-4-10-19(16)15-9-8-12(11-18)13-5-2-3-6-14(13)15/h2-3,5-6,8-9,16H,4,7,10H2,1H3/t16-/m0/s1. The Morgan fingerprint density at radius 3 is 2.76 bits per heavy atom. The van der Waals surface area contributed by atoms with Crippen molar-refractivity contribution in [2.75, 3.05) is 18.6 Å². The minimum atomic E-state index is -0.230. The molecule has 2 aromatic carbocycles. The Morgan fingerprint density at radius 1 is 1.29 bits per heavy atom. The Balaban J connectivity index is 2.13. The number of methoxy groups -OCH3 is 1. The highest BCUT2D eigenvalue weighted by Crippen LogP contribution is 2.34. The van der Waals surface area contributed by atoms with E-state index in [1.54, 1.807) is 0 Å². The smallest absolute Gasteiger partial charge is 0.328 e. The molecule has 1 fully saturated rings. The molecule has 0 amide bonds. The van der Waals surface area contributed by atoms with Crippen LogP contribution < -0.4 is 4.90 Å². The third-order valence-electron chi connectivity index (χ3n) is 4.06. The van der Waals surface area contributed by atoms with Crippen LogP contribution in [-0.2, 0) is 9.53 Å². The molecule has 106 valence electrons. The van der Waals surface area contributed by atoms with Crippen molar-refractivity contribution in [2.24, 2.45) is 0 Å². The summed E-state index contributed by atoms with van der Waals surface area (Å²) < 4.78 is 4.91. The summed E-state index contributed by atoms with van der Waals surface area (Å²) in [5, 5.41) is 11.2. The number of carbonyl (C=O) groups excluding carboxylic acids is 1. The van der Waals surface area contributed by atoms with Gasteiger partial charge in [0, 0.05) is 23.0 Å². The van der Waals surface area contributed by atoms with Crippen LogP contribution >= 0.6 is 0 Å². The lowest BCUT2D eigenvalue weighted by molar-refractivity contribution is -0.141. The molecular formula is C17H16N2O2. The van der Waals surface area contributed by atoms with Crippen LogP contribution in [0.2, 0.25) is 0 Å². The first-order chi connectivity index (χ1) is 10.3. The van der Waals surface area contributed by atoms with E-state index in [2.05, 4.69) is 11.0 Å². The van der Waals surface area contributed by atoms with Crippen LogP contribution in [0.4, 0.5) is 5.69 Å². The van der Waals surface area contributed by atoms with Crippen molar-refractivity contribution < 1.29 is 9.53 Å². The lowest BCUT2D eigenvalue weighted by Gasteiger charge is -2.26. The summed E-state index contributed by atoms with van der Waals surface area (Å²) in [4.78, 5) is 14.0. The van der Waals surface area contributed by atoms with E-state index >= 15 is 0 Å². The third-order valence-corrected chi connectivity index (χ3v) is 4.06. The molecule has 1 aliphatic rings. The van der Waals surface area contributed by atoms with Crippen molar-refractivity contribution in [2.45, 2.75) is 18.9 Å². The van der Waals surface area contributed by atoms with Crippen LogP contribution in [0.5, 0.6) is 0 Å². The molecule has 1 atom stereocenters. The zero-order valence-corrected chi connectivity index (χ0v) is 11.9. The van der Waals surface area contributed by atoms with E-state index in [0.717, 1.165) is 35.8 Å². The molecule has 3 rings (SSSR count). The summed E-state index contributed by atoms with van der Waals surface area (Å²) >= 11 is 0. The van der Waals surface area contributed by atoms with Gasteiger partial charge in [0.2, 0.25) is 0 Å². The number of ether oxygens (including phenoxy) is 1. The first kappa shape index (κ1) is 13.4. The van der Waals surface area contributed by atoms with E-state index in [-0.39, 0.29) is 12.0 Å². The summed E-state index contributed by atoms with van der Waals surface area (Å²) in [6.07, 6.45) is 1.77.